The lowest BCUT2D eigenvalue weighted by molar-refractivity contribution is -0.140. The van der Waals surface area contributed by atoms with Gasteiger partial charge in [-0.25, -0.2) is 19.2 Å². The van der Waals surface area contributed by atoms with Crippen LogP contribution in [0.25, 0.3) is 0 Å². The number of halogens is 6. The summed E-state index contributed by atoms with van der Waals surface area (Å²) in [4.78, 5) is 168. The minimum Gasteiger partial charge on any atom is -0.453 e. The van der Waals surface area contributed by atoms with Gasteiger partial charge in [-0.1, -0.05) is 132 Å². The molecule has 12 amide bonds. The first-order valence-corrected chi connectivity index (χ1v) is 45.2. The Kier molecular flexibility index (Phi) is 32.1. The third-order valence-corrected chi connectivity index (χ3v) is 25.6. The zero-order chi connectivity index (χ0) is 98.0. The first-order chi connectivity index (χ1) is 63.0. The molecule has 6 fully saturated rings. The molecule has 724 valence electrons. The van der Waals surface area contributed by atoms with Crippen LogP contribution in [0, 0.1) is 21.7 Å². The lowest BCUT2D eigenvalue weighted by Gasteiger charge is -2.35. The average molecular weight is 1870 g/mol. The monoisotopic (exact) mass is 1870 g/mol. The van der Waals surface area contributed by atoms with E-state index in [4.69, 9.17) is 18.9 Å². The van der Waals surface area contributed by atoms with Crippen molar-refractivity contribution in [3.63, 3.8) is 0 Å². The Morgan fingerprint density at radius 2 is 0.470 bits per heavy atom. The largest absolute Gasteiger partial charge is 0.453 e. The summed E-state index contributed by atoms with van der Waals surface area (Å²) in [7, 11) is 4.87. The molecule has 6 aromatic carbocycles. The molecule has 0 aliphatic carbocycles. The quantitative estimate of drug-likeness (QED) is 0.0231. The van der Waals surface area contributed by atoms with Crippen LogP contribution >= 0.6 is 0 Å². The molecule has 0 bridgehead atoms. The molecule has 0 saturated carbocycles. The average Bonchev–Trinajstić information content (AvgIpc) is 1.60. The smallest absolute Gasteiger partial charge is 0.416 e. The van der Waals surface area contributed by atoms with Gasteiger partial charge in [-0.05, 0) is 218 Å². The number of rotatable bonds is 22. The highest BCUT2D eigenvalue weighted by atomic mass is 19.4. The van der Waals surface area contributed by atoms with Gasteiger partial charge in [0.2, 0.25) is 47.3 Å². The number of alkyl carbamates (subject to hydrolysis) is 4. The second kappa shape index (κ2) is 42.3. The topological polar surface area (TPSA) is 357 Å². The highest BCUT2D eigenvalue weighted by molar-refractivity contribution is 6.02. The fourth-order valence-corrected chi connectivity index (χ4v) is 18.5. The van der Waals surface area contributed by atoms with Gasteiger partial charge in [-0.15, -0.1) is 0 Å². The minimum absolute atomic E-state index is 0.262. The van der Waals surface area contributed by atoms with Gasteiger partial charge >= 0.3 is 36.7 Å². The SMILES string of the molecule is COC(=O)N[C@H](C(=O)N1CCC[C@H]1C(=O)Nc1ccc([C@@H]2CC[C@@H](c3ccc(NC(=O)[C@@H]4CCCN4C(=O)[C@@H](NC(=O)OC)C(C)(C)C)cc3)N2c2ccc(C(F)(F)F)cc2)cc1)C(C)(C)C.COC(=O)N[C@H](C(=O)N1CCC[C@H]1C(=O)Nc1ccc([C@H]2CC[C@H](c3ccc(NC(=O)[C@@H]4CCCN4C(=O)[C@@H](NC(=O)OC)C(C)(C)C)cc3)N2c2ccc(C(F)(F)F)cc2)cc1)C(C)(C)C. The van der Waals surface area contributed by atoms with Crippen LogP contribution < -0.4 is 52.3 Å². The van der Waals surface area contributed by atoms with Crippen molar-refractivity contribution >= 4 is 106 Å². The summed E-state index contributed by atoms with van der Waals surface area (Å²) < 4.78 is 101. The minimum atomic E-state index is -4.52. The number of ether oxygens (including phenoxy) is 4. The summed E-state index contributed by atoms with van der Waals surface area (Å²) in [5.74, 6) is -2.99. The van der Waals surface area contributed by atoms with Crippen molar-refractivity contribution in [3.05, 3.63) is 179 Å². The molecule has 0 unspecified atom stereocenters. The van der Waals surface area contributed by atoms with E-state index in [-0.39, 0.29) is 71.4 Å². The lowest BCUT2D eigenvalue weighted by Crippen LogP contribution is -2.57. The molecular weight excluding hydrogens is 1740 g/mol. The summed E-state index contributed by atoms with van der Waals surface area (Å²) in [5, 5.41) is 22.3. The first kappa shape index (κ1) is 102. The molecule has 0 radical (unpaired) electrons. The second-order valence-corrected chi connectivity index (χ2v) is 39.1. The number of hydrogen-bond donors (Lipinski definition) is 8. The maximum Gasteiger partial charge on any atom is 0.416 e. The van der Waals surface area contributed by atoms with Crippen LogP contribution in [0.15, 0.2) is 146 Å². The van der Waals surface area contributed by atoms with E-state index in [1.807, 2.05) is 132 Å². The van der Waals surface area contributed by atoms with E-state index in [1.54, 1.807) is 48.5 Å². The Morgan fingerprint density at radius 1 is 0.284 bits per heavy atom. The Labute approximate surface area is 777 Å². The number of methoxy groups -OCH3 is 4. The van der Waals surface area contributed by atoms with Gasteiger partial charge in [-0.3, -0.25) is 38.4 Å². The zero-order valence-corrected chi connectivity index (χ0v) is 78.6. The van der Waals surface area contributed by atoms with E-state index >= 15 is 0 Å². The molecule has 134 heavy (non-hydrogen) atoms. The Balaban J connectivity index is 0.000000258. The molecule has 6 aromatic rings. The van der Waals surface area contributed by atoms with E-state index in [9.17, 15) is 83.9 Å². The highest BCUT2D eigenvalue weighted by Crippen LogP contribution is 2.51. The van der Waals surface area contributed by atoms with E-state index in [1.165, 1.54) is 72.3 Å². The van der Waals surface area contributed by atoms with E-state index in [0.29, 0.717) is 137 Å². The molecule has 6 heterocycles. The Morgan fingerprint density at radius 3 is 0.634 bits per heavy atom. The maximum atomic E-state index is 13.7. The van der Waals surface area contributed by atoms with Crippen LogP contribution in [0.5, 0.6) is 0 Å². The summed E-state index contributed by atoms with van der Waals surface area (Å²) in [6.45, 7) is 23.2. The van der Waals surface area contributed by atoms with Gasteiger partial charge in [0.25, 0.3) is 0 Å². The van der Waals surface area contributed by atoms with Gasteiger partial charge in [-0.2, -0.15) is 26.3 Å². The highest BCUT2D eigenvalue weighted by Gasteiger charge is 2.49. The molecular formula is C98H124F6N14O16. The number of likely N-dealkylation sites (tertiary alicyclic amines) is 4. The first-order valence-electron chi connectivity index (χ1n) is 45.2. The van der Waals surface area contributed by atoms with Crippen LogP contribution in [0.1, 0.15) is 218 Å². The molecule has 0 aromatic heterocycles. The predicted molar refractivity (Wildman–Crippen MR) is 492 cm³/mol. The normalized spacial score (nSPS) is 20.7. The summed E-state index contributed by atoms with van der Waals surface area (Å²) in [5.41, 5.74) is 2.46. The Hall–Kier alpha value is -12.7. The van der Waals surface area contributed by atoms with Gasteiger partial charge in [0.05, 0.1) is 63.7 Å². The summed E-state index contributed by atoms with van der Waals surface area (Å²) in [6, 6.07) is 31.5. The van der Waals surface area contributed by atoms with Crippen molar-refractivity contribution < 1.29 is 103 Å². The van der Waals surface area contributed by atoms with E-state index in [0.717, 1.165) is 46.5 Å². The zero-order valence-electron chi connectivity index (χ0n) is 78.6. The van der Waals surface area contributed by atoms with Crippen molar-refractivity contribution in [2.24, 2.45) is 21.7 Å². The van der Waals surface area contributed by atoms with Gasteiger partial charge in [0.1, 0.15) is 48.3 Å². The standard InChI is InChI=1S/2C49H62F3N7O8/c2*1-47(2,3)39(55-45(64)66-7)43(62)57-27-9-11-37(57)41(60)53-32-19-13-29(14-20-32)35-25-26-36(59(35)34-23-17-31(18-24-34)49(50,51)52)30-15-21-33(22-16-30)54-42(61)38-12-10-28-58(38)44(63)40(48(4,5)6)56-46(65)67-8/h2*13-24,35-40H,9-12,25-28H2,1-8H3,(H,53,60)(H,54,61)(H,55,64)(H,56,65)/t35-,36-,37+,38+,39-,40-;35-,36-,37-,38-,39+,40+/m10/s1. The van der Waals surface area contributed by atoms with Crippen molar-refractivity contribution in [1.29, 1.82) is 0 Å². The van der Waals surface area contributed by atoms with Gasteiger partial charge < -0.3 is 90.9 Å². The van der Waals surface area contributed by atoms with Crippen LogP contribution in [0.3, 0.4) is 0 Å². The third-order valence-electron chi connectivity index (χ3n) is 25.6. The number of carbonyl (C=O) groups excluding carboxylic acids is 12. The summed E-state index contributed by atoms with van der Waals surface area (Å²) >= 11 is 0. The van der Waals surface area contributed by atoms with Crippen molar-refractivity contribution in [3.8, 4) is 0 Å². The molecule has 8 N–H and O–H groups in total. The van der Waals surface area contributed by atoms with Crippen LogP contribution in [0.4, 0.5) is 79.6 Å². The Bertz CT molecular complexity index is 4610. The number of amides is 12. The third kappa shape index (κ3) is 24.5. The molecule has 0 spiro atoms. The lowest BCUT2D eigenvalue weighted by atomic mass is 9.85. The summed E-state index contributed by atoms with van der Waals surface area (Å²) in [6.07, 6.45) is -5.22. The van der Waals surface area contributed by atoms with Crippen molar-refractivity contribution in [2.45, 2.75) is 245 Å². The van der Waals surface area contributed by atoms with Crippen molar-refractivity contribution in [1.82, 2.24) is 40.9 Å². The number of carbonyl (C=O) groups is 12. The number of hydrogen-bond acceptors (Lipinski definition) is 18. The molecule has 6 saturated heterocycles. The molecule has 6 aliphatic heterocycles. The number of alkyl halides is 6. The molecule has 30 nitrogen and oxygen atoms in total. The number of benzene rings is 6. The fraction of sp³-hybridized carbons (Fsp3) is 0.510. The number of nitrogens with one attached hydrogen (secondary N) is 8. The van der Waals surface area contributed by atoms with Crippen molar-refractivity contribution in [2.75, 3.05) is 85.7 Å². The van der Waals surface area contributed by atoms with Gasteiger partial charge in [0.15, 0.2) is 0 Å². The fourth-order valence-electron chi connectivity index (χ4n) is 18.5. The molecule has 12 rings (SSSR count). The number of anilines is 6. The van der Waals surface area contributed by atoms with Crippen LogP contribution in [-0.4, -0.2) is 194 Å². The van der Waals surface area contributed by atoms with E-state index < -0.39 is 118 Å². The molecule has 6 aliphatic rings. The molecule has 12 atom stereocenters. The second-order valence-electron chi connectivity index (χ2n) is 39.1. The van der Waals surface area contributed by atoms with Gasteiger partial charge in [0, 0.05) is 60.3 Å². The van der Waals surface area contributed by atoms with Crippen LogP contribution in [0.2, 0.25) is 0 Å². The number of nitrogens with zero attached hydrogens (tertiary/aromatic N) is 6. The molecule has 36 heteroatoms. The van der Waals surface area contributed by atoms with Crippen LogP contribution in [-0.2, 0) is 69.7 Å². The predicted octanol–water partition coefficient (Wildman–Crippen LogP) is 16.4. The van der Waals surface area contributed by atoms with E-state index in [2.05, 4.69) is 52.3 Å². The maximum absolute atomic E-state index is 13.7.